The molecule has 2 aromatic heterocycles. The van der Waals surface area contributed by atoms with Crippen molar-refractivity contribution in [1.29, 1.82) is 0 Å². The van der Waals surface area contributed by atoms with Gasteiger partial charge >= 0.3 is 6.18 Å². The van der Waals surface area contributed by atoms with Crippen molar-refractivity contribution in [3.8, 4) is 11.4 Å². The Morgan fingerprint density at radius 2 is 2.00 bits per heavy atom. The molecule has 0 saturated carbocycles. The van der Waals surface area contributed by atoms with E-state index in [-0.39, 0.29) is 22.6 Å². The van der Waals surface area contributed by atoms with Crippen molar-refractivity contribution in [2.45, 2.75) is 50.0 Å². The van der Waals surface area contributed by atoms with E-state index in [0.29, 0.717) is 12.1 Å². The molecular formula is C19H22F3N5OS. The summed E-state index contributed by atoms with van der Waals surface area (Å²) in [6.07, 6.45) is 6.12. The molecule has 1 aliphatic carbocycles. The zero-order valence-electron chi connectivity index (χ0n) is 15.8. The first-order chi connectivity index (χ1) is 13.9. The predicted octanol–water partition coefficient (Wildman–Crippen LogP) is 4.00. The molecule has 6 nitrogen and oxygen atoms in total. The van der Waals surface area contributed by atoms with Gasteiger partial charge in [-0.25, -0.2) is 0 Å². The Kier molecular flexibility index (Phi) is 7.29. The third-order valence-corrected chi connectivity index (χ3v) is 5.45. The average molecular weight is 425 g/mol. The third-order valence-electron chi connectivity index (χ3n) is 4.48. The second-order valence-corrected chi connectivity index (χ2v) is 7.68. The number of halogens is 3. The van der Waals surface area contributed by atoms with Gasteiger partial charge in [0.25, 0.3) is 0 Å². The number of pyridine rings is 1. The lowest BCUT2D eigenvalue weighted by Gasteiger charge is -2.13. The van der Waals surface area contributed by atoms with Crippen molar-refractivity contribution in [2.24, 2.45) is 0 Å². The standard InChI is InChI=1S/C19H22F3N5OS/c20-19(21,22)13-27-17(15-7-9-23-10-8-15)25-26-18(27)29-12-16(28)24-11-6-14-4-2-1-3-5-14/h4,7-10H,1-3,5-6,11-13H2,(H,24,28). The van der Waals surface area contributed by atoms with Crippen LogP contribution in [0.15, 0.2) is 41.3 Å². The number of hydrogen-bond acceptors (Lipinski definition) is 5. The van der Waals surface area contributed by atoms with E-state index in [0.717, 1.165) is 35.6 Å². The second kappa shape index (κ2) is 9.91. The minimum atomic E-state index is -4.44. The van der Waals surface area contributed by atoms with Crippen molar-refractivity contribution < 1.29 is 18.0 Å². The normalized spacial score (nSPS) is 14.5. The molecule has 0 bridgehead atoms. The number of allylic oxidation sites excluding steroid dienone is 1. The lowest BCUT2D eigenvalue weighted by Crippen LogP contribution is -2.27. The van der Waals surface area contributed by atoms with Crippen LogP contribution in [0.1, 0.15) is 32.1 Å². The summed E-state index contributed by atoms with van der Waals surface area (Å²) in [7, 11) is 0. The Bertz CT molecular complexity index is 851. The Hall–Kier alpha value is -2.36. The van der Waals surface area contributed by atoms with Gasteiger partial charge in [0, 0.05) is 24.5 Å². The number of amides is 1. The molecule has 0 aliphatic heterocycles. The highest BCUT2D eigenvalue weighted by Gasteiger charge is 2.31. The quantitative estimate of drug-likeness (QED) is 0.511. The molecule has 0 unspecified atom stereocenters. The van der Waals surface area contributed by atoms with E-state index in [4.69, 9.17) is 0 Å². The smallest absolute Gasteiger partial charge is 0.355 e. The molecule has 29 heavy (non-hydrogen) atoms. The molecule has 0 fully saturated rings. The fourth-order valence-electron chi connectivity index (χ4n) is 3.11. The van der Waals surface area contributed by atoms with Gasteiger partial charge in [-0.05, 0) is 44.2 Å². The molecule has 156 valence electrons. The van der Waals surface area contributed by atoms with Gasteiger partial charge in [0.15, 0.2) is 11.0 Å². The minimum absolute atomic E-state index is 0.0224. The van der Waals surface area contributed by atoms with E-state index in [9.17, 15) is 18.0 Å². The number of alkyl halides is 3. The fourth-order valence-corrected chi connectivity index (χ4v) is 3.87. The molecule has 0 saturated heterocycles. The van der Waals surface area contributed by atoms with Crippen LogP contribution in [0.2, 0.25) is 0 Å². The molecule has 10 heteroatoms. The molecule has 0 aromatic carbocycles. The fraction of sp³-hybridized carbons (Fsp3) is 0.474. The van der Waals surface area contributed by atoms with Crippen molar-refractivity contribution in [1.82, 2.24) is 25.1 Å². The monoisotopic (exact) mass is 425 g/mol. The Balaban J connectivity index is 1.60. The lowest BCUT2D eigenvalue weighted by molar-refractivity contribution is -0.141. The number of thioether (sulfide) groups is 1. The number of aromatic nitrogens is 4. The van der Waals surface area contributed by atoms with Gasteiger partial charge in [-0.3, -0.25) is 14.3 Å². The summed E-state index contributed by atoms with van der Waals surface area (Å²) in [6.45, 7) is -0.696. The number of carbonyl (C=O) groups excluding carboxylic acids is 1. The summed E-state index contributed by atoms with van der Waals surface area (Å²) in [6, 6.07) is 3.13. The first-order valence-electron chi connectivity index (χ1n) is 9.40. The maximum absolute atomic E-state index is 13.1. The van der Waals surface area contributed by atoms with Gasteiger partial charge in [-0.2, -0.15) is 13.2 Å². The minimum Gasteiger partial charge on any atom is -0.355 e. The molecule has 2 aromatic rings. The van der Waals surface area contributed by atoms with Gasteiger partial charge in [0.1, 0.15) is 6.54 Å². The summed E-state index contributed by atoms with van der Waals surface area (Å²) in [5, 5.41) is 10.6. The van der Waals surface area contributed by atoms with Gasteiger partial charge in [-0.1, -0.05) is 23.4 Å². The molecular weight excluding hydrogens is 403 g/mol. The maximum atomic E-state index is 13.1. The van der Waals surface area contributed by atoms with Crippen LogP contribution in [0.4, 0.5) is 13.2 Å². The molecule has 0 atom stereocenters. The van der Waals surface area contributed by atoms with Gasteiger partial charge < -0.3 is 5.32 Å². The van der Waals surface area contributed by atoms with Crippen LogP contribution in [0.25, 0.3) is 11.4 Å². The van der Waals surface area contributed by atoms with Crippen molar-refractivity contribution in [3.63, 3.8) is 0 Å². The summed E-state index contributed by atoms with van der Waals surface area (Å²) < 4.78 is 40.1. The third kappa shape index (κ3) is 6.59. The first kappa shape index (κ1) is 21.4. The van der Waals surface area contributed by atoms with E-state index in [1.54, 1.807) is 12.1 Å². The largest absolute Gasteiger partial charge is 0.406 e. The van der Waals surface area contributed by atoms with E-state index >= 15 is 0 Å². The number of rotatable bonds is 8. The van der Waals surface area contributed by atoms with Crippen molar-refractivity contribution in [2.75, 3.05) is 12.3 Å². The highest BCUT2D eigenvalue weighted by atomic mass is 32.2. The van der Waals surface area contributed by atoms with Crippen molar-refractivity contribution in [3.05, 3.63) is 36.2 Å². The summed E-state index contributed by atoms with van der Waals surface area (Å²) in [5.74, 6) is -0.166. The van der Waals surface area contributed by atoms with E-state index in [2.05, 4.69) is 26.6 Å². The van der Waals surface area contributed by atoms with Crippen LogP contribution in [0.5, 0.6) is 0 Å². The zero-order chi connectivity index (χ0) is 20.7. The summed E-state index contributed by atoms with van der Waals surface area (Å²) >= 11 is 0.944. The molecule has 2 heterocycles. The zero-order valence-corrected chi connectivity index (χ0v) is 16.6. The van der Waals surface area contributed by atoms with Crippen LogP contribution in [-0.2, 0) is 11.3 Å². The molecule has 1 aliphatic rings. The van der Waals surface area contributed by atoms with Crippen molar-refractivity contribution >= 4 is 17.7 Å². The highest BCUT2D eigenvalue weighted by Crippen LogP contribution is 2.28. The number of nitrogens with zero attached hydrogens (tertiary/aromatic N) is 4. The average Bonchev–Trinajstić information content (AvgIpc) is 3.08. The van der Waals surface area contributed by atoms with E-state index < -0.39 is 12.7 Å². The summed E-state index contributed by atoms with van der Waals surface area (Å²) in [5.41, 5.74) is 1.84. The molecule has 0 spiro atoms. The Morgan fingerprint density at radius 3 is 2.69 bits per heavy atom. The topological polar surface area (TPSA) is 72.7 Å². The van der Waals surface area contributed by atoms with Gasteiger partial charge in [-0.15, -0.1) is 10.2 Å². The maximum Gasteiger partial charge on any atom is 0.406 e. The molecule has 3 rings (SSSR count). The van der Waals surface area contributed by atoms with Gasteiger partial charge in [0.2, 0.25) is 5.91 Å². The lowest BCUT2D eigenvalue weighted by atomic mass is 9.97. The van der Waals surface area contributed by atoms with E-state index in [1.165, 1.54) is 30.8 Å². The predicted molar refractivity (Wildman–Crippen MR) is 104 cm³/mol. The SMILES string of the molecule is O=C(CSc1nnc(-c2ccncc2)n1CC(F)(F)F)NCCC1=CCCCC1. The first-order valence-corrected chi connectivity index (χ1v) is 10.4. The van der Waals surface area contributed by atoms with Gasteiger partial charge in [0.05, 0.1) is 5.75 Å². The summed E-state index contributed by atoms with van der Waals surface area (Å²) in [4.78, 5) is 16.0. The van der Waals surface area contributed by atoms with E-state index in [1.807, 2.05) is 0 Å². The number of hydrogen-bond donors (Lipinski definition) is 1. The van der Waals surface area contributed by atoms with Crippen LogP contribution in [0.3, 0.4) is 0 Å². The molecule has 1 amide bonds. The van der Waals surface area contributed by atoms with Crippen LogP contribution >= 0.6 is 11.8 Å². The highest BCUT2D eigenvalue weighted by molar-refractivity contribution is 7.99. The second-order valence-electron chi connectivity index (χ2n) is 6.74. The molecule has 0 radical (unpaired) electrons. The number of nitrogens with one attached hydrogen (secondary N) is 1. The van der Waals surface area contributed by atoms with Crippen LogP contribution in [0, 0.1) is 0 Å². The molecule has 1 N–H and O–H groups in total. The Labute approximate surface area is 171 Å². The van der Waals surface area contributed by atoms with Crippen LogP contribution in [-0.4, -0.2) is 44.1 Å². The Morgan fingerprint density at radius 1 is 1.21 bits per heavy atom. The van der Waals surface area contributed by atoms with Crippen LogP contribution < -0.4 is 5.32 Å². The number of carbonyl (C=O) groups is 1.